The summed E-state index contributed by atoms with van der Waals surface area (Å²) in [6.07, 6.45) is 0.510. The maximum Gasteiger partial charge on any atom is 0.435 e. The van der Waals surface area contributed by atoms with E-state index in [1.54, 1.807) is 24.0 Å². The van der Waals surface area contributed by atoms with E-state index in [0.29, 0.717) is 17.9 Å². The average molecular weight is 431 g/mol. The van der Waals surface area contributed by atoms with Gasteiger partial charge in [0.25, 0.3) is 0 Å². The molecule has 0 spiro atoms. The van der Waals surface area contributed by atoms with E-state index in [1.165, 1.54) is 4.68 Å². The van der Waals surface area contributed by atoms with E-state index in [2.05, 4.69) is 15.5 Å². The van der Waals surface area contributed by atoms with Crippen molar-refractivity contribution in [3.63, 3.8) is 0 Å². The van der Waals surface area contributed by atoms with Crippen molar-refractivity contribution >= 4 is 11.6 Å². The van der Waals surface area contributed by atoms with Crippen molar-refractivity contribution in [2.24, 2.45) is 5.92 Å². The van der Waals surface area contributed by atoms with Gasteiger partial charge < -0.3 is 5.32 Å². The van der Waals surface area contributed by atoms with Crippen molar-refractivity contribution in [2.75, 3.05) is 5.32 Å². The SMILES string of the molecule is Cc1ccccc1Cn1cc(NC(=O)C(C)Cn2nc(C(F)(F)F)cc2C2CC2)cn1. The van der Waals surface area contributed by atoms with Crippen LogP contribution in [-0.4, -0.2) is 25.5 Å². The van der Waals surface area contributed by atoms with Gasteiger partial charge in [0.1, 0.15) is 0 Å². The lowest BCUT2D eigenvalue weighted by atomic mass is 10.1. The van der Waals surface area contributed by atoms with Crippen molar-refractivity contribution in [1.82, 2.24) is 19.6 Å². The van der Waals surface area contributed by atoms with Gasteiger partial charge in [0.05, 0.1) is 30.9 Å². The standard InChI is InChI=1S/C22H24F3N5O/c1-14-5-3-4-6-17(14)12-29-13-18(10-26-29)27-21(31)15(2)11-30-19(16-7-8-16)9-20(28-30)22(23,24)25/h3-6,9-10,13,15-16H,7-8,11-12H2,1-2H3,(H,27,31). The Morgan fingerprint density at radius 1 is 1.29 bits per heavy atom. The molecule has 1 aliphatic rings. The summed E-state index contributed by atoms with van der Waals surface area (Å²) in [5.74, 6) is -0.752. The number of alkyl halides is 3. The van der Waals surface area contributed by atoms with Crippen LogP contribution in [0.4, 0.5) is 18.9 Å². The van der Waals surface area contributed by atoms with E-state index in [9.17, 15) is 18.0 Å². The maximum atomic E-state index is 13.1. The molecule has 1 aromatic carbocycles. The van der Waals surface area contributed by atoms with E-state index in [1.807, 2.05) is 31.2 Å². The van der Waals surface area contributed by atoms with Gasteiger partial charge >= 0.3 is 6.18 Å². The first kappa shape index (κ1) is 21.1. The van der Waals surface area contributed by atoms with Crippen LogP contribution in [0.3, 0.4) is 0 Å². The number of aromatic nitrogens is 4. The van der Waals surface area contributed by atoms with Crippen molar-refractivity contribution in [3.05, 3.63) is 65.2 Å². The van der Waals surface area contributed by atoms with Gasteiger partial charge in [0.2, 0.25) is 5.91 Å². The zero-order valence-corrected chi connectivity index (χ0v) is 17.4. The molecule has 4 rings (SSSR count). The first-order valence-corrected chi connectivity index (χ1v) is 10.2. The molecule has 1 unspecified atom stereocenters. The predicted octanol–water partition coefficient (Wildman–Crippen LogP) is 4.61. The molecule has 31 heavy (non-hydrogen) atoms. The van der Waals surface area contributed by atoms with Crippen LogP contribution in [0.1, 0.15) is 48.2 Å². The normalized spacial score (nSPS) is 15.1. The van der Waals surface area contributed by atoms with Gasteiger partial charge in [-0.25, -0.2) is 0 Å². The molecule has 2 heterocycles. The highest BCUT2D eigenvalue weighted by Crippen LogP contribution is 2.42. The number of hydrogen-bond donors (Lipinski definition) is 1. The molecule has 0 bridgehead atoms. The predicted molar refractivity (Wildman–Crippen MR) is 110 cm³/mol. The molecule has 1 saturated carbocycles. The summed E-state index contributed by atoms with van der Waals surface area (Å²) in [5.41, 5.74) is 2.48. The highest BCUT2D eigenvalue weighted by molar-refractivity contribution is 5.92. The van der Waals surface area contributed by atoms with Gasteiger partial charge in [0, 0.05) is 17.8 Å². The minimum Gasteiger partial charge on any atom is -0.323 e. The van der Waals surface area contributed by atoms with Crippen molar-refractivity contribution in [3.8, 4) is 0 Å². The number of nitrogens with one attached hydrogen (secondary N) is 1. The molecule has 6 nitrogen and oxygen atoms in total. The van der Waals surface area contributed by atoms with Crippen LogP contribution in [0.2, 0.25) is 0 Å². The van der Waals surface area contributed by atoms with Crippen LogP contribution in [0, 0.1) is 12.8 Å². The molecular weight excluding hydrogens is 407 g/mol. The zero-order chi connectivity index (χ0) is 22.2. The molecule has 164 valence electrons. The van der Waals surface area contributed by atoms with Crippen LogP contribution in [0.15, 0.2) is 42.7 Å². The number of rotatable bonds is 7. The Labute approximate surface area is 178 Å². The Hall–Kier alpha value is -3.10. The third-order valence-electron chi connectivity index (χ3n) is 5.49. The monoisotopic (exact) mass is 431 g/mol. The molecule has 0 radical (unpaired) electrons. The summed E-state index contributed by atoms with van der Waals surface area (Å²) in [5, 5.41) is 10.8. The molecule has 0 saturated heterocycles. The summed E-state index contributed by atoms with van der Waals surface area (Å²) >= 11 is 0. The number of carbonyl (C=O) groups is 1. The van der Waals surface area contributed by atoms with Crippen molar-refractivity contribution < 1.29 is 18.0 Å². The highest BCUT2D eigenvalue weighted by atomic mass is 19.4. The zero-order valence-electron chi connectivity index (χ0n) is 17.4. The molecule has 0 aliphatic heterocycles. The second-order valence-electron chi connectivity index (χ2n) is 8.15. The summed E-state index contributed by atoms with van der Waals surface area (Å²) < 4.78 is 42.3. The fourth-order valence-corrected chi connectivity index (χ4v) is 3.51. The van der Waals surface area contributed by atoms with Crippen LogP contribution in [0.5, 0.6) is 0 Å². The number of benzene rings is 1. The largest absolute Gasteiger partial charge is 0.435 e. The van der Waals surface area contributed by atoms with Gasteiger partial charge in [-0.1, -0.05) is 31.2 Å². The first-order valence-electron chi connectivity index (χ1n) is 10.2. The number of amides is 1. The molecular formula is C22H24F3N5O. The Balaban J connectivity index is 1.40. The molecule has 9 heteroatoms. The number of halogens is 3. The van der Waals surface area contributed by atoms with Crippen LogP contribution < -0.4 is 5.32 Å². The second kappa shape index (κ2) is 8.20. The number of aryl methyl sites for hydroxylation is 1. The van der Waals surface area contributed by atoms with Gasteiger partial charge in [-0.3, -0.25) is 14.2 Å². The smallest absolute Gasteiger partial charge is 0.323 e. The lowest BCUT2D eigenvalue weighted by Gasteiger charge is -2.13. The highest BCUT2D eigenvalue weighted by Gasteiger charge is 2.38. The molecule has 1 aliphatic carbocycles. The van der Waals surface area contributed by atoms with Gasteiger partial charge in [-0.05, 0) is 37.0 Å². The Morgan fingerprint density at radius 2 is 2.03 bits per heavy atom. The lowest BCUT2D eigenvalue weighted by molar-refractivity contribution is -0.141. The molecule has 3 aromatic rings. The van der Waals surface area contributed by atoms with Crippen LogP contribution >= 0.6 is 0 Å². The first-order chi connectivity index (χ1) is 14.7. The summed E-state index contributed by atoms with van der Waals surface area (Å²) in [6, 6.07) is 9.09. The van der Waals surface area contributed by atoms with E-state index in [0.717, 1.165) is 30.0 Å². The average Bonchev–Trinajstić information content (AvgIpc) is 3.31. The molecule has 1 fully saturated rings. The topological polar surface area (TPSA) is 64.7 Å². The number of nitrogens with zero attached hydrogens (tertiary/aromatic N) is 4. The van der Waals surface area contributed by atoms with Gasteiger partial charge in [-0.15, -0.1) is 0 Å². The fraction of sp³-hybridized carbons (Fsp3) is 0.409. The summed E-state index contributed by atoms with van der Waals surface area (Å²) in [4.78, 5) is 12.6. The van der Waals surface area contributed by atoms with Gasteiger partial charge in [0.15, 0.2) is 5.69 Å². The van der Waals surface area contributed by atoms with Gasteiger partial charge in [-0.2, -0.15) is 23.4 Å². The molecule has 2 aromatic heterocycles. The van der Waals surface area contributed by atoms with Crippen molar-refractivity contribution in [1.29, 1.82) is 0 Å². The number of anilines is 1. The van der Waals surface area contributed by atoms with Crippen LogP contribution in [0.25, 0.3) is 0 Å². The van der Waals surface area contributed by atoms with Crippen LogP contribution in [-0.2, 0) is 24.1 Å². The molecule has 1 atom stereocenters. The quantitative estimate of drug-likeness (QED) is 0.594. The summed E-state index contributed by atoms with van der Waals surface area (Å²) in [7, 11) is 0. The van der Waals surface area contributed by atoms with Crippen molar-refractivity contribution in [2.45, 2.75) is 51.9 Å². The maximum absolute atomic E-state index is 13.1. The van der Waals surface area contributed by atoms with E-state index in [4.69, 9.17) is 0 Å². The van der Waals surface area contributed by atoms with E-state index >= 15 is 0 Å². The third kappa shape index (κ3) is 4.98. The third-order valence-corrected chi connectivity index (χ3v) is 5.49. The Morgan fingerprint density at radius 3 is 2.71 bits per heavy atom. The lowest BCUT2D eigenvalue weighted by Crippen LogP contribution is -2.25. The Kier molecular flexibility index (Phi) is 5.60. The number of carbonyl (C=O) groups excluding carboxylic acids is 1. The minimum absolute atomic E-state index is 0.0884. The molecule has 1 amide bonds. The molecule has 1 N–H and O–H groups in total. The minimum atomic E-state index is -4.49. The second-order valence-corrected chi connectivity index (χ2v) is 8.15. The van der Waals surface area contributed by atoms with E-state index in [-0.39, 0.29) is 18.4 Å². The fourth-order valence-electron chi connectivity index (χ4n) is 3.51. The Bertz CT molecular complexity index is 1080. The van der Waals surface area contributed by atoms with E-state index < -0.39 is 17.8 Å². The summed E-state index contributed by atoms with van der Waals surface area (Å²) in [6.45, 7) is 4.37. The number of hydrogen-bond acceptors (Lipinski definition) is 3.